The molecule has 0 heterocycles. The third-order valence-electron chi connectivity index (χ3n) is 1.36. The molecule has 0 saturated heterocycles. The second-order valence-electron chi connectivity index (χ2n) is 2.23. The molecule has 0 aliphatic heterocycles. The third-order valence-corrected chi connectivity index (χ3v) is 1.36. The number of benzene rings is 1. The van der Waals surface area contributed by atoms with Gasteiger partial charge < -0.3 is 5.32 Å². The van der Waals surface area contributed by atoms with E-state index in [9.17, 15) is 4.79 Å². The van der Waals surface area contributed by atoms with Crippen molar-refractivity contribution in [3.05, 3.63) is 35.9 Å². The number of hydrogen-bond donors (Lipinski definition) is 1. The van der Waals surface area contributed by atoms with E-state index in [1.165, 1.54) is 6.34 Å². The molecule has 1 rings (SSSR count). The van der Waals surface area contributed by atoms with Gasteiger partial charge in [-0.05, 0) is 12.1 Å². The lowest BCUT2D eigenvalue weighted by Crippen LogP contribution is -2.21. The van der Waals surface area contributed by atoms with Gasteiger partial charge in [-0.3, -0.25) is 9.79 Å². The average molecular weight is 162 g/mol. The van der Waals surface area contributed by atoms with Crippen LogP contribution in [0.2, 0.25) is 0 Å². The smallest absolute Gasteiger partial charge is 0.256 e. The number of amides is 1. The Bertz CT molecular complexity index is 280. The van der Waals surface area contributed by atoms with Crippen molar-refractivity contribution >= 4 is 12.2 Å². The van der Waals surface area contributed by atoms with Crippen molar-refractivity contribution in [3.63, 3.8) is 0 Å². The summed E-state index contributed by atoms with van der Waals surface area (Å²) in [6.45, 7) is 0. The molecule has 0 aliphatic carbocycles. The molecule has 0 bridgehead atoms. The first-order chi connectivity index (χ1) is 5.84. The minimum absolute atomic E-state index is 0.138. The zero-order chi connectivity index (χ0) is 8.81. The highest BCUT2D eigenvalue weighted by atomic mass is 16.1. The molecule has 0 aromatic heterocycles. The summed E-state index contributed by atoms with van der Waals surface area (Å²) in [6, 6.07) is 9.00. The van der Waals surface area contributed by atoms with E-state index < -0.39 is 0 Å². The molecule has 1 aromatic carbocycles. The van der Waals surface area contributed by atoms with Crippen LogP contribution in [0.4, 0.5) is 0 Å². The van der Waals surface area contributed by atoms with Crippen molar-refractivity contribution in [1.82, 2.24) is 5.32 Å². The van der Waals surface area contributed by atoms with Gasteiger partial charge in [-0.2, -0.15) is 0 Å². The van der Waals surface area contributed by atoms with Crippen molar-refractivity contribution in [3.8, 4) is 0 Å². The highest BCUT2D eigenvalue weighted by Crippen LogP contribution is 1.96. The molecule has 12 heavy (non-hydrogen) atoms. The van der Waals surface area contributed by atoms with Crippen molar-refractivity contribution < 1.29 is 4.79 Å². The maximum Gasteiger partial charge on any atom is 0.256 e. The van der Waals surface area contributed by atoms with Crippen LogP contribution < -0.4 is 5.32 Å². The molecule has 1 aromatic rings. The average Bonchev–Trinajstić information content (AvgIpc) is 2.15. The van der Waals surface area contributed by atoms with Crippen LogP contribution in [0.5, 0.6) is 0 Å². The quantitative estimate of drug-likeness (QED) is 0.513. The van der Waals surface area contributed by atoms with Crippen LogP contribution in [0, 0.1) is 0 Å². The first kappa shape index (κ1) is 8.46. The van der Waals surface area contributed by atoms with Crippen LogP contribution in [-0.2, 0) is 0 Å². The molecular formula is C9H10N2O. The Balaban J connectivity index is 2.66. The minimum Gasteiger partial charge on any atom is -0.313 e. The molecule has 0 saturated carbocycles. The van der Waals surface area contributed by atoms with Crippen LogP contribution in [0.3, 0.4) is 0 Å². The molecule has 3 heteroatoms. The van der Waals surface area contributed by atoms with Gasteiger partial charge >= 0.3 is 0 Å². The summed E-state index contributed by atoms with van der Waals surface area (Å²) in [5, 5.41) is 2.52. The van der Waals surface area contributed by atoms with Gasteiger partial charge in [0.05, 0.1) is 6.34 Å². The normalized spacial score (nSPS) is 10.1. The highest BCUT2D eigenvalue weighted by molar-refractivity contribution is 6.00. The van der Waals surface area contributed by atoms with Gasteiger partial charge in [0, 0.05) is 12.6 Å². The van der Waals surface area contributed by atoms with Gasteiger partial charge in [0.15, 0.2) is 0 Å². The van der Waals surface area contributed by atoms with Gasteiger partial charge in [0.25, 0.3) is 5.91 Å². The maximum absolute atomic E-state index is 11.2. The Morgan fingerprint density at radius 2 is 2.08 bits per heavy atom. The number of nitrogens with zero attached hydrogens (tertiary/aromatic N) is 1. The van der Waals surface area contributed by atoms with Crippen LogP contribution in [0.1, 0.15) is 10.4 Å². The molecule has 62 valence electrons. The van der Waals surface area contributed by atoms with E-state index in [2.05, 4.69) is 10.3 Å². The van der Waals surface area contributed by atoms with Crippen LogP contribution in [0.15, 0.2) is 35.3 Å². The standard InChI is InChI=1S/C9H10N2O/c1-10-7-11-9(12)8-5-3-2-4-6-8/h2-7H,1H3,(H,10,11,12). The Morgan fingerprint density at radius 3 is 2.67 bits per heavy atom. The van der Waals surface area contributed by atoms with E-state index in [-0.39, 0.29) is 5.91 Å². The molecule has 0 aliphatic rings. The number of rotatable bonds is 2. The number of aliphatic imine (C=N–C) groups is 1. The van der Waals surface area contributed by atoms with Crippen molar-refractivity contribution in [1.29, 1.82) is 0 Å². The molecule has 0 spiro atoms. The first-order valence-electron chi connectivity index (χ1n) is 3.61. The van der Waals surface area contributed by atoms with Gasteiger partial charge in [-0.1, -0.05) is 18.2 Å². The third kappa shape index (κ3) is 2.20. The summed E-state index contributed by atoms with van der Waals surface area (Å²) < 4.78 is 0. The Hall–Kier alpha value is -1.64. The summed E-state index contributed by atoms with van der Waals surface area (Å²) in [4.78, 5) is 14.8. The molecule has 3 nitrogen and oxygen atoms in total. The van der Waals surface area contributed by atoms with Crippen LogP contribution >= 0.6 is 0 Å². The Kier molecular flexibility index (Phi) is 3.02. The minimum atomic E-state index is -0.138. The molecule has 0 fully saturated rings. The monoisotopic (exact) mass is 162 g/mol. The fourth-order valence-electron chi connectivity index (χ4n) is 0.796. The van der Waals surface area contributed by atoms with Gasteiger partial charge in [0.1, 0.15) is 0 Å². The van der Waals surface area contributed by atoms with E-state index in [4.69, 9.17) is 0 Å². The summed E-state index contributed by atoms with van der Waals surface area (Å²) in [5.41, 5.74) is 0.636. The lowest BCUT2D eigenvalue weighted by Gasteiger charge is -1.97. The predicted molar refractivity (Wildman–Crippen MR) is 48.3 cm³/mol. The van der Waals surface area contributed by atoms with Crippen LogP contribution in [0.25, 0.3) is 0 Å². The molecule has 1 N–H and O–H groups in total. The second-order valence-corrected chi connectivity index (χ2v) is 2.23. The lowest BCUT2D eigenvalue weighted by molar-refractivity contribution is 0.0978. The first-order valence-corrected chi connectivity index (χ1v) is 3.61. The number of carbonyl (C=O) groups excluding carboxylic acids is 1. The Morgan fingerprint density at radius 1 is 1.42 bits per heavy atom. The van der Waals surface area contributed by atoms with E-state index in [1.807, 2.05) is 18.2 Å². The van der Waals surface area contributed by atoms with Gasteiger partial charge in [0.2, 0.25) is 0 Å². The zero-order valence-electron chi connectivity index (χ0n) is 6.82. The largest absolute Gasteiger partial charge is 0.313 e. The number of nitrogens with one attached hydrogen (secondary N) is 1. The summed E-state index contributed by atoms with van der Waals surface area (Å²) in [5.74, 6) is -0.138. The predicted octanol–water partition coefficient (Wildman–Crippen LogP) is 1.07. The topological polar surface area (TPSA) is 41.5 Å². The molecule has 0 unspecified atom stereocenters. The van der Waals surface area contributed by atoms with Gasteiger partial charge in [-0.25, -0.2) is 0 Å². The van der Waals surface area contributed by atoms with E-state index in [1.54, 1.807) is 19.2 Å². The van der Waals surface area contributed by atoms with E-state index >= 15 is 0 Å². The molecule has 1 amide bonds. The maximum atomic E-state index is 11.2. The van der Waals surface area contributed by atoms with Crippen LogP contribution in [-0.4, -0.2) is 19.3 Å². The number of carbonyl (C=O) groups is 1. The summed E-state index contributed by atoms with van der Waals surface area (Å²) in [6.07, 6.45) is 1.37. The van der Waals surface area contributed by atoms with E-state index in [0.29, 0.717) is 5.56 Å². The SMILES string of the molecule is CN=CNC(=O)c1ccccc1. The lowest BCUT2D eigenvalue weighted by atomic mass is 10.2. The fourth-order valence-corrected chi connectivity index (χ4v) is 0.796. The van der Waals surface area contributed by atoms with Crippen molar-refractivity contribution in [2.75, 3.05) is 7.05 Å². The van der Waals surface area contributed by atoms with Crippen molar-refractivity contribution in [2.24, 2.45) is 4.99 Å². The van der Waals surface area contributed by atoms with E-state index in [0.717, 1.165) is 0 Å². The summed E-state index contributed by atoms with van der Waals surface area (Å²) >= 11 is 0. The number of hydrogen-bond acceptors (Lipinski definition) is 2. The Labute approximate surface area is 71.1 Å². The molecule has 0 radical (unpaired) electrons. The van der Waals surface area contributed by atoms with Crippen molar-refractivity contribution in [2.45, 2.75) is 0 Å². The highest BCUT2D eigenvalue weighted by Gasteiger charge is 1.99. The molecular weight excluding hydrogens is 152 g/mol. The molecule has 0 atom stereocenters. The fraction of sp³-hybridized carbons (Fsp3) is 0.111. The second kappa shape index (κ2) is 4.28. The summed E-state index contributed by atoms with van der Waals surface area (Å²) in [7, 11) is 1.60. The zero-order valence-corrected chi connectivity index (χ0v) is 6.82. The van der Waals surface area contributed by atoms with Gasteiger partial charge in [-0.15, -0.1) is 0 Å².